The second-order valence-corrected chi connectivity index (χ2v) is 5.13. The Hall–Kier alpha value is -2.08. The maximum Gasteiger partial charge on any atom is 0.157 e. The van der Waals surface area contributed by atoms with Crippen molar-refractivity contribution in [2.75, 3.05) is 20.2 Å². The van der Waals surface area contributed by atoms with Gasteiger partial charge in [0.15, 0.2) is 11.5 Å². The van der Waals surface area contributed by atoms with Gasteiger partial charge in [-0.2, -0.15) is 0 Å². The molecule has 0 aliphatic rings. The van der Waals surface area contributed by atoms with E-state index in [0.717, 1.165) is 12.8 Å². The maximum absolute atomic E-state index is 9.48. The number of phenols is 2. The van der Waals surface area contributed by atoms with Crippen molar-refractivity contribution in [3.05, 3.63) is 59.7 Å². The van der Waals surface area contributed by atoms with Crippen LogP contribution in [0.15, 0.2) is 48.5 Å². The molecular weight excluding hydrogens is 294 g/mol. The molecule has 5 nitrogen and oxygen atoms in total. The van der Waals surface area contributed by atoms with E-state index in [1.54, 1.807) is 13.1 Å². The van der Waals surface area contributed by atoms with E-state index in [-0.39, 0.29) is 18.1 Å². The molecule has 0 fully saturated rings. The number of aromatic hydroxyl groups is 2. The van der Waals surface area contributed by atoms with Crippen LogP contribution < -0.4 is 5.32 Å². The first-order chi connectivity index (χ1) is 11.1. The van der Waals surface area contributed by atoms with E-state index >= 15 is 0 Å². The number of phenolic OH excluding ortho intramolecular Hbond substituents is 2. The summed E-state index contributed by atoms with van der Waals surface area (Å²) in [7, 11) is 1.73. The van der Waals surface area contributed by atoms with E-state index in [1.165, 1.54) is 17.7 Å². The van der Waals surface area contributed by atoms with Crippen LogP contribution >= 0.6 is 0 Å². The summed E-state index contributed by atoms with van der Waals surface area (Å²) in [5.41, 5.74) is 1.88. The average Bonchev–Trinajstić information content (AvgIpc) is 2.57. The molecule has 23 heavy (non-hydrogen) atoms. The minimum Gasteiger partial charge on any atom is -0.504 e. The minimum absolute atomic E-state index is 0.180. The molecule has 0 aliphatic heterocycles. The lowest BCUT2D eigenvalue weighted by Gasteiger charge is -2.10. The second-order valence-electron chi connectivity index (χ2n) is 5.13. The zero-order chi connectivity index (χ0) is 17.1. The largest absolute Gasteiger partial charge is 0.504 e. The van der Waals surface area contributed by atoms with E-state index in [1.807, 2.05) is 18.2 Å². The number of aliphatic hydroxyl groups excluding tert-OH is 2. The van der Waals surface area contributed by atoms with Gasteiger partial charge < -0.3 is 25.7 Å². The summed E-state index contributed by atoms with van der Waals surface area (Å²) in [4.78, 5) is 0. The quantitative estimate of drug-likeness (QED) is 0.525. The van der Waals surface area contributed by atoms with Gasteiger partial charge in [0.25, 0.3) is 0 Å². The summed E-state index contributed by atoms with van der Waals surface area (Å²) >= 11 is 0. The minimum atomic E-state index is -0.670. The number of nitrogens with one attached hydrogen (secondary N) is 1. The van der Waals surface area contributed by atoms with Crippen LogP contribution in [0.25, 0.3) is 0 Å². The third-order valence-electron chi connectivity index (χ3n) is 3.25. The Bertz CT molecular complexity index is 560. The fourth-order valence-corrected chi connectivity index (χ4v) is 1.99. The van der Waals surface area contributed by atoms with Gasteiger partial charge in [0.1, 0.15) is 0 Å². The molecule has 2 aromatic rings. The van der Waals surface area contributed by atoms with Crippen molar-refractivity contribution in [2.45, 2.75) is 18.9 Å². The lowest BCUT2D eigenvalue weighted by Crippen LogP contribution is -2.16. The topological polar surface area (TPSA) is 93.0 Å². The van der Waals surface area contributed by atoms with Crippen molar-refractivity contribution in [3.8, 4) is 11.5 Å². The van der Waals surface area contributed by atoms with Crippen molar-refractivity contribution in [2.24, 2.45) is 0 Å². The summed E-state index contributed by atoms with van der Waals surface area (Å²) in [6, 6.07) is 14.5. The Morgan fingerprint density at radius 1 is 1.00 bits per heavy atom. The van der Waals surface area contributed by atoms with Crippen LogP contribution in [0.3, 0.4) is 0 Å². The highest BCUT2D eigenvalue weighted by atomic mass is 16.3. The van der Waals surface area contributed by atoms with E-state index in [0.29, 0.717) is 12.1 Å². The molecule has 0 spiro atoms. The van der Waals surface area contributed by atoms with Crippen LogP contribution in [0.1, 0.15) is 23.7 Å². The standard InChI is InChI=1S/C9H13NO3.C9H12O/c1-10-5-9(13)6-2-3-7(11)8(12)4-6;10-8-4-7-9-5-2-1-3-6-9/h2-4,9-13H,5H2,1H3;1-3,5-6,10H,4,7-8H2. The number of benzene rings is 2. The molecule has 0 aromatic heterocycles. The van der Waals surface area contributed by atoms with Gasteiger partial charge >= 0.3 is 0 Å². The first kappa shape index (κ1) is 19.0. The molecule has 5 N–H and O–H groups in total. The van der Waals surface area contributed by atoms with E-state index in [4.69, 9.17) is 15.3 Å². The Labute approximate surface area is 136 Å². The van der Waals surface area contributed by atoms with Crippen molar-refractivity contribution < 1.29 is 20.4 Å². The van der Waals surface area contributed by atoms with Gasteiger partial charge in [0.05, 0.1) is 6.10 Å². The Morgan fingerprint density at radius 2 is 1.70 bits per heavy atom. The highest BCUT2D eigenvalue weighted by Crippen LogP contribution is 2.27. The van der Waals surface area contributed by atoms with Crippen LogP contribution in [0.5, 0.6) is 11.5 Å². The van der Waals surface area contributed by atoms with E-state index in [2.05, 4.69) is 17.4 Å². The van der Waals surface area contributed by atoms with Crippen LogP contribution in [-0.2, 0) is 6.42 Å². The first-order valence-corrected chi connectivity index (χ1v) is 7.57. The molecule has 0 heterocycles. The summed E-state index contributed by atoms with van der Waals surface area (Å²) < 4.78 is 0. The average molecular weight is 319 g/mol. The fourth-order valence-electron chi connectivity index (χ4n) is 1.99. The summed E-state index contributed by atoms with van der Waals surface area (Å²) in [6.07, 6.45) is 1.18. The van der Waals surface area contributed by atoms with E-state index < -0.39 is 6.10 Å². The highest BCUT2D eigenvalue weighted by Gasteiger charge is 2.08. The molecular formula is C18H25NO4. The van der Waals surface area contributed by atoms with E-state index in [9.17, 15) is 5.11 Å². The molecule has 2 rings (SSSR count). The molecule has 0 bridgehead atoms. The van der Waals surface area contributed by atoms with Gasteiger partial charge in [-0.1, -0.05) is 36.4 Å². The molecule has 0 radical (unpaired) electrons. The lowest BCUT2D eigenvalue weighted by molar-refractivity contribution is 0.177. The van der Waals surface area contributed by atoms with Crippen LogP contribution in [0.4, 0.5) is 0 Å². The SMILES string of the molecule is CNCC(O)c1ccc(O)c(O)c1.OCCCc1ccccc1. The van der Waals surface area contributed by atoms with Crippen molar-refractivity contribution in [1.82, 2.24) is 5.32 Å². The predicted octanol–water partition coefficient (Wildman–Crippen LogP) is 1.96. The highest BCUT2D eigenvalue weighted by molar-refractivity contribution is 5.41. The lowest BCUT2D eigenvalue weighted by atomic mass is 10.1. The Morgan fingerprint density at radius 3 is 2.26 bits per heavy atom. The number of aliphatic hydroxyl groups is 2. The molecule has 1 atom stereocenters. The Kier molecular flexibility index (Phi) is 8.75. The molecule has 126 valence electrons. The third kappa shape index (κ3) is 7.15. The predicted molar refractivity (Wildman–Crippen MR) is 90.5 cm³/mol. The number of hydrogen-bond donors (Lipinski definition) is 5. The number of likely N-dealkylation sites (N-methyl/N-ethyl adjacent to an activating group) is 1. The Balaban J connectivity index is 0.000000238. The molecule has 0 saturated heterocycles. The summed E-state index contributed by atoms with van der Waals surface area (Å²) in [6.45, 7) is 0.694. The monoisotopic (exact) mass is 319 g/mol. The number of hydrogen-bond acceptors (Lipinski definition) is 5. The molecule has 1 unspecified atom stereocenters. The van der Waals surface area contributed by atoms with Gasteiger partial charge in [-0.15, -0.1) is 0 Å². The summed E-state index contributed by atoms with van der Waals surface area (Å²) in [5, 5.41) is 39.0. The van der Waals surface area contributed by atoms with Crippen LogP contribution in [-0.4, -0.2) is 40.6 Å². The number of rotatable bonds is 6. The third-order valence-corrected chi connectivity index (χ3v) is 3.25. The van der Waals surface area contributed by atoms with Crippen molar-refractivity contribution >= 4 is 0 Å². The molecule has 2 aromatic carbocycles. The van der Waals surface area contributed by atoms with Gasteiger partial charge in [0.2, 0.25) is 0 Å². The maximum atomic E-state index is 9.48. The molecule has 0 aliphatic carbocycles. The van der Waals surface area contributed by atoms with Crippen molar-refractivity contribution in [1.29, 1.82) is 0 Å². The molecule has 5 heteroatoms. The van der Waals surface area contributed by atoms with Gasteiger partial charge in [-0.05, 0) is 43.1 Å². The van der Waals surface area contributed by atoms with Gasteiger partial charge in [-0.25, -0.2) is 0 Å². The van der Waals surface area contributed by atoms with Crippen LogP contribution in [0.2, 0.25) is 0 Å². The second kappa shape index (κ2) is 10.6. The first-order valence-electron chi connectivity index (χ1n) is 7.57. The number of aryl methyl sites for hydroxylation is 1. The summed E-state index contributed by atoms with van der Waals surface area (Å²) in [5.74, 6) is -0.395. The zero-order valence-corrected chi connectivity index (χ0v) is 13.3. The molecule has 0 amide bonds. The zero-order valence-electron chi connectivity index (χ0n) is 13.3. The fraction of sp³-hybridized carbons (Fsp3) is 0.333. The smallest absolute Gasteiger partial charge is 0.157 e. The van der Waals surface area contributed by atoms with Crippen LogP contribution in [0, 0.1) is 0 Å². The van der Waals surface area contributed by atoms with Gasteiger partial charge in [-0.3, -0.25) is 0 Å². The van der Waals surface area contributed by atoms with Crippen molar-refractivity contribution in [3.63, 3.8) is 0 Å². The normalized spacial score (nSPS) is 11.4. The molecule has 0 saturated carbocycles. The van der Waals surface area contributed by atoms with Gasteiger partial charge in [0, 0.05) is 13.2 Å².